The molecule has 4 N–H and O–H groups in total. The van der Waals surface area contributed by atoms with Crippen LogP contribution in [0.25, 0.3) is 11.1 Å². The number of carboxylic acid groups (broad SMARTS) is 1. The van der Waals surface area contributed by atoms with Crippen molar-refractivity contribution in [3.8, 4) is 11.1 Å². The van der Waals surface area contributed by atoms with Gasteiger partial charge in [-0.05, 0) is 42.0 Å². The molecular formula is C33H45N7O4. The Hall–Kier alpha value is -4.09. The minimum absolute atomic E-state index is 0.0254. The van der Waals surface area contributed by atoms with E-state index in [2.05, 4.69) is 43.5 Å². The van der Waals surface area contributed by atoms with Crippen LogP contribution in [0.4, 0.5) is 0 Å². The second-order valence-corrected chi connectivity index (χ2v) is 11.3. The number of hydrogen-bond acceptors (Lipinski definition) is 7. The van der Waals surface area contributed by atoms with Crippen molar-refractivity contribution in [3.63, 3.8) is 0 Å². The van der Waals surface area contributed by atoms with E-state index >= 15 is 0 Å². The van der Waals surface area contributed by atoms with Gasteiger partial charge in [-0.2, -0.15) is 5.10 Å². The van der Waals surface area contributed by atoms with Gasteiger partial charge in [0.05, 0.1) is 6.54 Å². The average Bonchev–Trinajstić information content (AvgIpc) is 3.42. The van der Waals surface area contributed by atoms with Crippen molar-refractivity contribution in [2.24, 2.45) is 5.73 Å². The van der Waals surface area contributed by atoms with E-state index in [0.717, 1.165) is 66.9 Å². The lowest BCUT2D eigenvalue weighted by molar-refractivity contribution is -0.138. The zero-order chi connectivity index (χ0) is 31.5. The molecule has 1 aliphatic rings. The second-order valence-electron chi connectivity index (χ2n) is 11.3. The van der Waals surface area contributed by atoms with Crippen LogP contribution >= 0.6 is 0 Å². The molecule has 1 aromatic heterocycles. The molecule has 0 bridgehead atoms. The van der Waals surface area contributed by atoms with Gasteiger partial charge in [0.1, 0.15) is 11.9 Å². The quantitative estimate of drug-likeness (QED) is 0.239. The highest BCUT2D eigenvalue weighted by atomic mass is 16.4. The highest BCUT2D eigenvalue weighted by Gasteiger charge is 2.25. The normalized spacial score (nSPS) is 14.4. The number of rotatable bonds is 15. The van der Waals surface area contributed by atoms with Gasteiger partial charge < -0.3 is 15.7 Å². The van der Waals surface area contributed by atoms with Crippen molar-refractivity contribution in [3.05, 3.63) is 71.3 Å². The van der Waals surface area contributed by atoms with Gasteiger partial charge in [-0.1, -0.05) is 69.2 Å². The molecule has 1 atom stereocenters. The third kappa shape index (κ3) is 8.96. The Balaban J connectivity index is 1.38. The molecule has 11 heteroatoms. The number of unbranched alkanes of at least 4 members (excludes halogenated alkanes) is 2. The summed E-state index contributed by atoms with van der Waals surface area (Å²) in [5, 5.41) is 15.5. The summed E-state index contributed by atoms with van der Waals surface area (Å²) in [5.74, 6) is 0.505. The summed E-state index contributed by atoms with van der Waals surface area (Å²) in [6.07, 6.45) is 6.32. The fourth-order valence-electron chi connectivity index (χ4n) is 5.23. The van der Waals surface area contributed by atoms with Gasteiger partial charge in [0.15, 0.2) is 5.82 Å². The summed E-state index contributed by atoms with van der Waals surface area (Å²) in [7, 11) is 0. The van der Waals surface area contributed by atoms with E-state index in [9.17, 15) is 14.4 Å². The molecule has 1 saturated heterocycles. The van der Waals surface area contributed by atoms with Gasteiger partial charge >= 0.3 is 5.97 Å². The highest BCUT2D eigenvalue weighted by molar-refractivity contribution is 6.01. The Morgan fingerprint density at radius 1 is 0.955 bits per heavy atom. The molecule has 4 rings (SSSR count). The Labute approximate surface area is 259 Å². The van der Waals surface area contributed by atoms with Crippen LogP contribution in [0.5, 0.6) is 0 Å². The zero-order valence-electron chi connectivity index (χ0n) is 25.9. The lowest BCUT2D eigenvalue weighted by Crippen LogP contribution is -2.55. The number of carbonyl (C=O) groups is 3. The first-order chi connectivity index (χ1) is 21.3. The summed E-state index contributed by atoms with van der Waals surface area (Å²) in [6, 6.07) is 14.9. The Morgan fingerprint density at radius 2 is 1.64 bits per heavy atom. The van der Waals surface area contributed by atoms with E-state index < -0.39 is 12.0 Å². The van der Waals surface area contributed by atoms with Gasteiger partial charge in [0.2, 0.25) is 5.91 Å². The third-order valence-electron chi connectivity index (χ3n) is 7.90. The molecule has 0 spiro atoms. The summed E-state index contributed by atoms with van der Waals surface area (Å²) in [4.78, 5) is 43.3. The van der Waals surface area contributed by atoms with E-state index in [1.807, 2.05) is 28.9 Å². The summed E-state index contributed by atoms with van der Waals surface area (Å²) in [6.45, 7) is 6.89. The summed E-state index contributed by atoms with van der Waals surface area (Å²) < 4.78 is 2.04. The molecule has 236 valence electrons. The molecule has 1 unspecified atom stereocenters. The molecule has 2 aromatic carbocycles. The summed E-state index contributed by atoms with van der Waals surface area (Å²) >= 11 is 0. The highest BCUT2D eigenvalue weighted by Crippen LogP contribution is 2.26. The smallest absolute Gasteiger partial charge is 0.320 e. The fourth-order valence-corrected chi connectivity index (χ4v) is 5.23. The number of nitrogens with zero attached hydrogens (tertiary/aromatic N) is 5. The number of aryl methyl sites for hydroxylation is 2. The summed E-state index contributed by atoms with van der Waals surface area (Å²) in [5.41, 5.74) is 11.9. The number of nitrogens with two attached hydrogens (primary N) is 1. The lowest BCUT2D eigenvalue weighted by Gasteiger charge is -2.35. The van der Waals surface area contributed by atoms with Crippen molar-refractivity contribution in [1.82, 2.24) is 30.1 Å². The maximum Gasteiger partial charge on any atom is 0.320 e. The van der Waals surface area contributed by atoms with Gasteiger partial charge in [0, 0.05) is 51.0 Å². The lowest BCUT2D eigenvalue weighted by atomic mass is 9.97. The molecule has 2 amide bonds. The number of hydrogen-bond donors (Lipinski definition) is 3. The number of benzene rings is 2. The van der Waals surface area contributed by atoms with Crippen molar-refractivity contribution >= 4 is 17.8 Å². The van der Waals surface area contributed by atoms with Crippen molar-refractivity contribution in [1.29, 1.82) is 0 Å². The molecule has 0 radical (unpaired) electrons. The number of hydrazine groups is 1. The van der Waals surface area contributed by atoms with Crippen LogP contribution in [0.2, 0.25) is 0 Å². The van der Waals surface area contributed by atoms with Gasteiger partial charge in [0.25, 0.3) is 5.91 Å². The van der Waals surface area contributed by atoms with E-state index in [1.54, 1.807) is 9.91 Å². The first kappa shape index (κ1) is 32.8. The Kier molecular flexibility index (Phi) is 12.0. The first-order valence-electron chi connectivity index (χ1n) is 15.7. The molecule has 0 aliphatic carbocycles. The average molecular weight is 604 g/mol. The van der Waals surface area contributed by atoms with E-state index in [4.69, 9.17) is 20.9 Å². The Bertz CT molecular complexity index is 1400. The predicted octanol–water partition coefficient (Wildman–Crippen LogP) is 3.66. The minimum Gasteiger partial charge on any atom is -0.480 e. The molecular weight excluding hydrogens is 558 g/mol. The maximum absolute atomic E-state index is 13.6. The van der Waals surface area contributed by atoms with Crippen LogP contribution in [0.1, 0.15) is 79.9 Å². The van der Waals surface area contributed by atoms with Crippen LogP contribution in [-0.2, 0) is 29.0 Å². The number of piperazine rings is 1. The molecule has 0 saturated carbocycles. The fraction of sp³-hybridized carbons (Fsp3) is 0.485. The molecule has 1 aliphatic heterocycles. The zero-order valence-corrected chi connectivity index (χ0v) is 25.9. The SMILES string of the molecule is CCCCc1nc(CCCC)n(Cc2ccc(-c3ccccc3C(=O)N3CCN(NC(=O)CCC(N)C(=O)O)CC3)cc2)n1. The molecule has 3 aromatic rings. The van der Waals surface area contributed by atoms with E-state index in [-0.39, 0.29) is 24.7 Å². The second kappa shape index (κ2) is 16.1. The van der Waals surface area contributed by atoms with Crippen LogP contribution in [-0.4, -0.2) is 79.8 Å². The number of nitrogens with one attached hydrogen (secondary N) is 1. The standard InChI is InChI=1S/C33H45N7O4/c1-3-5-11-29-35-30(12-6-4-2)40(36-29)23-24-13-15-25(16-14-24)26-9-7-8-10-27(26)32(42)38-19-21-39(22-20-38)37-31(41)18-17-28(34)33(43)44/h7-10,13-16,28H,3-6,11-12,17-23,34H2,1-2H3,(H,37,41)(H,43,44). The first-order valence-corrected chi connectivity index (χ1v) is 15.7. The van der Waals surface area contributed by atoms with Crippen LogP contribution in [0.15, 0.2) is 48.5 Å². The number of aromatic nitrogens is 3. The van der Waals surface area contributed by atoms with Crippen LogP contribution in [0, 0.1) is 0 Å². The Morgan fingerprint density at radius 3 is 2.32 bits per heavy atom. The van der Waals surface area contributed by atoms with E-state index in [1.165, 1.54) is 0 Å². The van der Waals surface area contributed by atoms with Gasteiger partial charge in [-0.3, -0.25) is 19.8 Å². The van der Waals surface area contributed by atoms with Crippen molar-refractivity contribution in [2.75, 3.05) is 26.2 Å². The van der Waals surface area contributed by atoms with Crippen LogP contribution < -0.4 is 11.2 Å². The number of carboxylic acids is 1. The van der Waals surface area contributed by atoms with Crippen molar-refractivity contribution in [2.45, 2.75) is 77.8 Å². The minimum atomic E-state index is -1.12. The molecule has 1 fully saturated rings. The largest absolute Gasteiger partial charge is 0.480 e. The molecule has 11 nitrogen and oxygen atoms in total. The number of aliphatic carboxylic acids is 1. The molecule has 44 heavy (non-hydrogen) atoms. The van der Waals surface area contributed by atoms with E-state index in [0.29, 0.717) is 38.3 Å². The van der Waals surface area contributed by atoms with Crippen LogP contribution in [0.3, 0.4) is 0 Å². The molecule has 2 heterocycles. The van der Waals surface area contributed by atoms with Crippen molar-refractivity contribution < 1.29 is 19.5 Å². The van der Waals surface area contributed by atoms with Gasteiger partial charge in [-0.25, -0.2) is 14.7 Å². The maximum atomic E-state index is 13.6. The predicted molar refractivity (Wildman–Crippen MR) is 169 cm³/mol. The monoisotopic (exact) mass is 603 g/mol. The number of carbonyl (C=O) groups excluding carboxylic acids is 2. The third-order valence-corrected chi connectivity index (χ3v) is 7.90. The van der Waals surface area contributed by atoms with Gasteiger partial charge in [-0.15, -0.1) is 0 Å². The topological polar surface area (TPSA) is 147 Å². The number of amides is 2.